The van der Waals surface area contributed by atoms with Gasteiger partial charge in [0.05, 0.1) is 37.9 Å². The molecule has 4 rings (SSSR count). The molecule has 200 valence electrons. The SMILES string of the molecule is COc1cccc(OC)c1-n1c(NS(=O)(=O)[C@@H](C)[C@@H](OC(C)C)c2cnc(C)cn2)nnc1C1CCC1. The molecule has 1 saturated carbocycles. The Bertz CT molecular complexity index is 1300. The van der Waals surface area contributed by atoms with Crippen LogP contribution in [0.3, 0.4) is 0 Å². The fraction of sp³-hybridized carbons (Fsp3) is 0.520. The topological polar surface area (TPSA) is 130 Å². The van der Waals surface area contributed by atoms with Gasteiger partial charge in [-0.1, -0.05) is 12.5 Å². The van der Waals surface area contributed by atoms with Crippen molar-refractivity contribution in [3.8, 4) is 17.2 Å². The molecule has 0 bridgehead atoms. The lowest BCUT2D eigenvalue weighted by Crippen LogP contribution is -2.34. The summed E-state index contributed by atoms with van der Waals surface area (Å²) in [5, 5.41) is 7.63. The van der Waals surface area contributed by atoms with Crippen molar-refractivity contribution in [2.45, 2.75) is 70.3 Å². The van der Waals surface area contributed by atoms with Gasteiger partial charge in [0.25, 0.3) is 0 Å². The number of anilines is 1. The first-order valence-electron chi connectivity index (χ1n) is 12.3. The third-order valence-electron chi connectivity index (χ3n) is 6.44. The van der Waals surface area contributed by atoms with Crippen LogP contribution >= 0.6 is 0 Å². The quantitative estimate of drug-likeness (QED) is 0.391. The minimum absolute atomic E-state index is 0.0508. The van der Waals surface area contributed by atoms with Crippen LogP contribution in [0.5, 0.6) is 11.5 Å². The van der Waals surface area contributed by atoms with Gasteiger partial charge in [0.1, 0.15) is 34.4 Å². The van der Waals surface area contributed by atoms with E-state index in [-0.39, 0.29) is 18.0 Å². The van der Waals surface area contributed by atoms with Crippen molar-refractivity contribution >= 4 is 16.0 Å². The van der Waals surface area contributed by atoms with E-state index in [1.165, 1.54) is 0 Å². The molecule has 1 aromatic carbocycles. The lowest BCUT2D eigenvalue weighted by atomic mass is 9.85. The summed E-state index contributed by atoms with van der Waals surface area (Å²) in [5.41, 5.74) is 1.69. The molecular formula is C25H34N6O5S. The second-order valence-electron chi connectivity index (χ2n) is 9.40. The van der Waals surface area contributed by atoms with E-state index in [0.717, 1.165) is 25.0 Å². The van der Waals surface area contributed by atoms with Crippen LogP contribution in [0.2, 0.25) is 0 Å². The number of nitrogens with zero attached hydrogens (tertiary/aromatic N) is 5. The van der Waals surface area contributed by atoms with Crippen molar-refractivity contribution in [2.75, 3.05) is 18.9 Å². The van der Waals surface area contributed by atoms with Crippen LogP contribution in [0.25, 0.3) is 5.69 Å². The van der Waals surface area contributed by atoms with Gasteiger partial charge >= 0.3 is 0 Å². The maximum atomic E-state index is 13.7. The molecule has 0 amide bonds. The van der Waals surface area contributed by atoms with E-state index < -0.39 is 21.4 Å². The highest BCUT2D eigenvalue weighted by molar-refractivity contribution is 7.93. The Balaban J connectivity index is 1.77. The monoisotopic (exact) mass is 530 g/mol. The Labute approximate surface area is 217 Å². The Kier molecular flexibility index (Phi) is 7.98. The van der Waals surface area contributed by atoms with Crippen LogP contribution in [0.4, 0.5) is 5.95 Å². The molecule has 0 spiro atoms. The molecule has 2 atom stereocenters. The van der Waals surface area contributed by atoms with E-state index in [4.69, 9.17) is 14.2 Å². The van der Waals surface area contributed by atoms with Crippen LogP contribution in [-0.4, -0.2) is 58.7 Å². The number of rotatable bonds is 11. The molecule has 2 heterocycles. The maximum Gasteiger partial charge on any atom is 0.243 e. The van der Waals surface area contributed by atoms with Gasteiger partial charge in [0.2, 0.25) is 16.0 Å². The molecule has 0 aliphatic heterocycles. The van der Waals surface area contributed by atoms with Crippen LogP contribution in [0.15, 0.2) is 30.6 Å². The summed E-state index contributed by atoms with van der Waals surface area (Å²) in [5.74, 6) is 1.86. The number of para-hydroxylation sites is 1. The highest BCUT2D eigenvalue weighted by Gasteiger charge is 2.36. The fourth-order valence-corrected chi connectivity index (χ4v) is 5.31. The number of aromatic nitrogens is 5. The van der Waals surface area contributed by atoms with Crippen molar-refractivity contribution in [3.05, 3.63) is 47.8 Å². The lowest BCUT2D eigenvalue weighted by Gasteiger charge is -2.27. The third-order valence-corrected chi connectivity index (χ3v) is 8.14. The van der Waals surface area contributed by atoms with Gasteiger partial charge < -0.3 is 14.2 Å². The van der Waals surface area contributed by atoms with Crippen molar-refractivity contribution in [1.82, 2.24) is 24.7 Å². The fourth-order valence-electron chi connectivity index (χ4n) is 4.21. The number of hydrogen-bond donors (Lipinski definition) is 1. The summed E-state index contributed by atoms with van der Waals surface area (Å²) in [4.78, 5) is 8.66. The first kappa shape index (κ1) is 26.8. The Morgan fingerprint density at radius 3 is 2.22 bits per heavy atom. The van der Waals surface area contributed by atoms with E-state index in [9.17, 15) is 8.42 Å². The average Bonchev–Trinajstić information content (AvgIpc) is 3.22. The van der Waals surface area contributed by atoms with Crippen LogP contribution in [0.1, 0.15) is 69.3 Å². The van der Waals surface area contributed by atoms with E-state index >= 15 is 0 Å². The normalized spacial score (nSPS) is 15.8. The van der Waals surface area contributed by atoms with E-state index in [0.29, 0.717) is 28.7 Å². The summed E-state index contributed by atoms with van der Waals surface area (Å²) < 4.78 is 49.1. The van der Waals surface area contributed by atoms with Gasteiger partial charge in [-0.25, -0.2) is 8.42 Å². The summed E-state index contributed by atoms with van der Waals surface area (Å²) in [7, 11) is -0.936. The minimum atomic E-state index is -4.03. The van der Waals surface area contributed by atoms with Crippen molar-refractivity contribution in [3.63, 3.8) is 0 Å². The van der Waals surface area contributed by atoms with Crippen molar-refractivity contribution in [1.29, 1.82) is 0 Å². The zero-order valence-electron chi connectivity index (χ0n) is 22.0. The molecule has 1 aliphatic rings. The molecular weight excluding hydrogens is 496 g/mol. The Morgan fingerprint density at radius 2 is 1.70 bits per heavy atom. The molecule has 2 aromatic heterocycles. The van der Waals surface area contributed by atoms with Gasteiger partial charge in [-0.3, -0.25) is 19.3 Å². The number of sulfonamides is 1. The molecule has 12 heteroatoms. The predicted molar refractivity (Wildman–Crippen MR) is 139 cm³/mol. The minimum Gasteiger partial charge on any atom is -0.494 e. The average molecular weight is 531 g/mol. The standard InChI is InChI=1S/C25H34N6O5S/c1-15(2)36-23(19-14-26-16(3)13-27-19)17(4)37(32,33)30-25-29-28-24(18-9-7-10-18)31(25)22-20(34-5)11-8-12-21(22)35-6/h8,11-15,17-18,23H,7,9-10H2,1-6H3,(H,29,30)/t17-,23+/m0/s1. The largest absolute Gasteiger partial charge is 0.494 e. The number of aryl methyl sites for hydroxylation is 1. The van der Waals surface area contributed by atoms with Gasteiger partial charge in [0, 0.05) is 12.1 Å². The van der Waals surface area contributed by atoms with Crippen LogP contribution in [0, 0.1) is 6.92 Å². The first-order chi connectivity index (χ1) is 17.7. The molecule has 1 aliphatic carbocycles. The van der Waals surface area contributed by atoms with Crippen molar-refractivity contribution in [2.24, 2.45) is 0 Å². The third kappa shape index (κ3) is 5.54. The number of hydrogen-bond acceptors (Lipinski definition) is 9. The predicted octanol–water partition coefficient (Wildman–Crippen LogP) is 3.95. The second kappa shape index (κ2) is 11.0. The molecule has 37 heavy (non-hydrogen) atoms. The first-order valence-corrected chi connectivity index (χ1v) is 13.8. The van der Waals surface area contributed by atoms with Gasteiger partial charge in [-0.15, -0.1) is 10.2 Å². The summed E-state index contributed by atoms with van der Waals surface area (Å²) >= 11 is 0. The van der Waals surface area contributed by atoms with Crippen LogP contribution in [-0.2, 0) is 14.8 Å². The highest BCUT2D eigenvalue weighted by atomic mass is 32.2. The summed E-state index contributed by atoms with van der Waals surface area (Å²) in [6.07, 6.45) is 5.00. The highest BCUT2D eigenvalue weighted by Crippen LogP contribution is 2.42. The number of nitrogens with one attached hydrogen (secondary N) is 1. The van der Waals surface area contributed by atoms with Gasteiger partial charge in [-0.05, 0) is 52.7 Å². The van der Waals surface area contributed by atoms with Crippen molar-refractivity contribution < 1.29 is 22.6 Å². The molecule has 1 N–H and O–H groups in total. The maximum absolute atomic E-state index is 13.7. The summed E-state index contributed by atoms with van der Waals surface area (Å²) in [6, 6.07) is 5.37. The smallest absolute Gasteiger partial charge is 0.243 e. The molecule has 0 unspecified atom stereocenters. The Morgan fingerprint density at radius 1 is 1.03 bits per heavy atom. The number of methoxy groups -OCH3 is 2. The number of benzene rings is 1. The zero-order chi connectivity index (χ0) is 26.7. The Hall–Kier alpha value is -3.25. The number of ether oxygens (including phenoxy) is 3. The summed E-state index contributed by atoms with van der Waals surface area (Å²) in [6.45, 7) is 7.08. The van der Waals surface area contributed by atoms with Gasteiger partial charge in [-0.2, -0.15) is 0 Å². The molecule has 0 radical (unpaired) electrons. The van der Waals surface area contributed by atoms with E-state index in [1.54, 1.807) is 56.3 Å². The molecule has 3 aromatic rings. The van der Waals surface area contributed by atoms with E-state index in [1.807, 2.05) is 20.8 Å². The molecule has 11 nitrogen and oxygen atoms in total. The molecule has 0 saturated heterocycles. The zero-order valence-corrected chi connectivity index (χ0v) is 22.8. The molecule has 1 fully saturated rings. The van der Waals surface area contributed by atoms with E-state index in [2.05, 4.69) is 24.9 Å². The second-order valence-corrected chi connectivity index (χ2v) is 11.4. The van der Waals surface area contributed by atoms with Gasteiger partial charge in [0.15, 0.2) is 0 Å². The lowest BCUT2D eigenvalue weighted by molar-refractivity contribution is 0.00394. The van der Waals surface area contributed by atoms with Crippen LogP contribution < -0.4 is 14.2 Å².